The molecule has 0 bridgehead atoms. The molecular weight excluding hydrogens is 336 g/mol. The maximum Gasteiger partial charge on any atom is 0.421 e. The number of Topliss-reactive ketones (excluding diaryl/α,β-unsaturated/α-hetero) is 1. The lowest BCUT2D eigenvalue weighted by Gasteiger charge is -2.47. The predicted octanol–water partition coefficient (Wildman–Crippen LogP) is -4.51. The van der Waals surface area contributed by atoms with E-state index in [2.05, 4.69) is 9.78 Å². The first-order chi connectivity index (χ1) is 10.9. The maximum absolute atomic E-state index is 11.8. The van der Waals surface area contributed by atoms with Crippen molar-refractivity contribution in [1.29, 1.82) is 0 Å². The molecule has 6 atom stereocenters. The third-order valence-electron chi connectivity index (χ3n) is 3.45. The van der Waals surface area contributed by atoms with Crippen LogP contribution >= 0.6 is 0 Å². The number of aliphatic hydroxyl groups is 6. The SMILES string of the molecule is CC(=O)C(=O)OOC(=O)C(C)(O)C1O[C@@](O)(CO)[C@@H](O)[C@H](O)[C@@H]1O. The average Bonchev–Trinajstić information content (AvgIpc) is 2.53. The van der Waals surface area contributed by atoms with E-state index in [4.69, 9.17) is 9.84 Å². The monoisotopic (exact) mass is 354 g/mol. The third-order valence-corrected chi connectivity index (χ3v) is 3.45. The summed E-state index contributed by atoms with van der Waals surface area (Å²) in [5.74, 6) is -7.18. The van der Waals surface area contributed by atoms with Crippen LogP contribution in [0.2, 0.25) is 0 Å². The molecule has 138 valence electrons. The minimum Gasteiger partial charge on any atom is -0.391 e. The quantitative estimate of drug-likeness (QED) is 0.161. The number of rotatable bonds is 4. The van der Waals surface area contributed by atoms with Gasteiger partial charge in [-0.1, -0.05) is 0 Å². The Morgan fingerprint density at radius 3 is 2.17 bits per heavy atom. The smallest absolute Gasteiger partial charge is 0.391 e. The fourth-order valence-corrected chi connectivity index (χ4v) is 1.90. The van der Waals surface area contributed by atoms with Gasteiger partial charge in [-0.05, 0) is 6.92 Å². The highest BCUT2D eigenvalue weighted by Crippen LogP contribution is 2.33. The number of ketones is 1. The van der Waals surface area contributed by atoms with E-state index in [1.165, 1.54) is 0 Å². The second-order valence-corrected chi connectivity index (χ2v) is 5.41. The van der Waals surface area contributed by atoms with Crippen LogP contribution < -0.4 is 0 Å². The first-order valence-corrected chi connectivity index (χ1v) is 6.60. The molecule has 0 aliphatic carbocycles. The van der Waals surface area contributed by atoms with Crippen molar-refractivity contribution in [3.05, 3.63) is 0 Å². The van der Waals surface area contributed by atoms with Crippen LogP contribution in [-0.4, -0.2) is 90.8 Å². The zero-order valence-electron chi connectivity index (χ0n) is 12.6. The Hall–Kier alpha value is -1.67. The predicted molar refractivity (Wildman–Crippen MR) is 68.4 cm³/mol. The van der Waals surface area contributed by atoms with Gasteiger partial charge < -0.3 is 35.4 Å². The van der Waals surface area contributed by atoms with Crippen LogP contribution in [-0.2, 0) is 28.9 Å². The first kappa shape index (κ1) is 20.4. The lowest BCUT2D eigenvalue weighted by Crippen LogP contribution is -2.71. The molecule has 0 aromatic rings. The number of carbonyl (C=O) groups is 3. The summed E-state index contributed by atoms with van der Waals surface area (Å²) < 4.78 is 4.75. The second-order valence-electron chi connectivity index (χ2n) is 5.41. The van der Waals surface area contributed by atoms with Crippen LogP contribution in [0.15, 0.2) is 0 Å². The molecule has 1 aliphatic heterocycles. The molecule has 0 aromatic heterocycles. The van der Waals surface area contributed by atoms with Crippen molar-refractivity contribution >= 4 is 17.7 Å². The van der Waals surface area contributed by atoms with Crippen LogP contribution in [0, 0.1) is 0 Å². The van der Waals surface area contributed by atoms with Crippen molar-refractivity contribution in [2.24, 2.45) is 0 Å². The molecular formula is C12H18O12. The zero-order valence-corrected chi connectivity index (χ0v) is 12.6. The molecule has 12 heteroatoms. The van der Waals surface area contributed by atoms with E-state index in [-0.39, 0.29) is 0 Å². The minimum atomic E-state index is -2.82. The maximum atomic E-state index is 11.8. The van der Waals surface area contributed by atoms with E-state index >= 15 is 0 Å². The largest absolute Gasteiger partial charge is 0.421 e. The molecule has 6 N–H and O–H groups in total. The van der Waals surface area contributed by atoms with Gasteiger partial charge in [0.2, 0.25) is 11.6 Å². The molecule has 2 unspecified atom stereocenters. The van der Waals surface area contributed by atoms with Gasteiger partial charge in [-0.25, -0.2) is 19.4 Å². The van der Waals surface area contributed by atoms with E-state index in [1.807, 2.05) is 0 Å². The highest BCUT2D eigenvalue weighted by molar-refractivity contribution is 6.32. The zero-order chi connectivity index (χ0) is 18.9. The number of hydrogen-bond donors (Lipinski definition) is 6. The molecule has 1 aliphatic rings. The van der Waals surface area contributed by atoms with E-state index in [1.54, 1.807) is 0 Å². The molecule has 0 amide bonds. The van der Waals surface area contributed by atoms with E-state index in [9.17, 15) is 39.9 Å². The summed E-state index contributed by atoms with van der Waals surface area (Å²) in [4.78, 5) is 41.1. The molecule has 1 fully saturated rings. The molecule has 1 heterocycles. The molecule has 24 heavy (non-hydrogen) atoms. The van der Waals surface area contributed by atoms with Crippen molar-refractivity contribution in [2.75, 3.05) is 6.61 Å². The van der Waals surface area contributed by atoms with Crippen LogP contribution in [0.25, 0.3) is 0 Å². The summed E-state index contributed by atoms with van der Waals surface area (Å²) in [7, 11) is 0. The van der Waals surface area contributed by atoms with Gasteiger partial charge in [0.05, 0.1) is 6.61 Å². The van der Waals surface area contributed by atoms with Gasteiger partial charge in [0, 0.05) is 6.92 Å². The molecule has 0 aromatic carbocycles. The molecule has 0 saturated carbocycles. The summed E-state index contributed by atoms with van der Waals surface area (Å²) >= 11 is 0. The Morgan fingerprint density at radius 1 is 1.17 bits per heavy atom. The van der Waals surface area contributed by atoms with Crippen LogP contribution in [0.5, 0.6) is 0 Å². The van der Waals surface area contributed by atoms with E-state index in [0.717, 1.165) is 6.92 Å². The topological polar surface area (TPSA) is 200 Å². The Bertz CT molecular complexity index is 516. The van der Waals surface area contributed by atoms with Crippen LogP contribution in [0.1, 0.15) is 13.8 Å². The van der Waals surface area contributed by atoms with Gasteiger partial charge in [0.25, 0.3) is 0 Å². The lowest BCUT2D eigenvalue weighted by atomic mass is 9.85. The van der Waals surface area contributed by atoms with Crippen molar-refractivity contribution in [2.45, 2.75) is 49.7 Å². The van der Waals surface area contributed by atoms with Crippen LogP contribution in [0.3, 0.4) is 0 Å². The Morgan fingerprint density at radius 2 is 1.71 bits per heavy atom. The fourth-order valence-electron chi connectivity index (χ4n) is 1.90. The molecule has 0 radical (unpaired) electrons. The summed E-state index contributed by atoms with van der Waals surface area (Å²) in [6.45, 7) is 0.285. The van der Waals surface area contributed by atoms with Crippen molar-refractivity contribution in [1.82, 2.24) is 0 Å². The Labute approximate surface area is 134 Å². The number of hydrogen-bond acceptors (Lipinski definition) is 12. The van der Waals surface area contributed by atoms with Crippen molar-refractivity contribution in [3.8, 4) is 0 Å². The number of ether oxygens (including phenoxy) is 1. The molecule has 1 rings (SSSR count). The van der Waals surface area contributed by atoms with Gasteiger partial charge in [-0.3, -0.25) is 4.79 Å². The Kier molecular flexibility index (Phi) is 6.00. The third kappa shape index (κ3) is 3.70. The second kappa shape index (κ2) is 7.06. The van der Waals surface area contributed by atoms with Gasteiger partial charge in [-0.15, -0.1) is 0 Å². The van der Waals surface area contributed by atoms with E-state index < -0.39 is 60.1 Å². The Balaban J connectivity index is 2.96. The minimum absolute atomic E-state index is 0.715. The van der Waals surface area contributed by atoms with Gasteiger partial charge in [-0.2, -0.15) is 0 Å². The highest BCUT2D eigenvalue weighted by atomic mass is 17.2. The highest BCUT2D eigenvalue weighted by Gasteiger charge is 2.60. The standard InChI is InChI=1S/C12H18O12/c1-4(14)9(18)23-24-10(19)11(2,20)8-6(16)5(15)7(17)12(21,3-13)22-8/h5-8,13,15-17,20-21H,3H2,1-2H3/t5-,6+,7+,8?,11?,12+/m1/s1. The first-order valence-electron chi connectivity index (χ1n) is 6.60. The van der Waals surface area contributed by atoms with Crippen molar-refractivity contribution in [3.63, 3.8) is 0 Å². The van der Waals surface area contributed by atoms with Gasteiger partial charge >= 0.3 is 11.9 Å². The molecule has 1 saturated heterocycles. The number of aliphatic hydroxyl groups excluding tert-OH is 4. The summed E-state index contributed by atoms with van der Waals surface area (Å²) in [6.07, 6.45) is -8.47. The molecule has 12 nitrogen and oxygen atoms in total. The summed E-state index contributed by atoms with van der Waals surface area (Å²) in [5.41, 5.74) is -2.82. The fraction of sp³-hybridized carbons (Fsp3) is 0.750. The van der Waals surface area contributed by atoms with Crippen molar-refractivity contribution < 1.29 is 59.5 Å². The van der Waals surface area contributed by atoms with Gasteiger partial charge in [0.1, 0.15) is 24.4 Å². The van der Waals surface area contributed by atoms with Gasteiger partial charge in [0.15, 0.2) is 5.60 Å². The van der Waals surface area contributed by atoms with E-state index in [0.29, 0.717) is 6.92 Å². The number of carbonyl (C=O) groups excluding carboxylic acids is 3. The lowest BCUT2D eigenvalue weighted by molar-refractivity contribution is -0.374. The van der Waals surface area contributed by atoms with Crippen LogP contribution in [0.4, 0.5) is 0 Å². The molecule has 0 spiro atoms. The summed E-state index contributed by atoms with van der Waals surface area (Å²) in [6, 6.07) is 0. The normalized spacial score (nSPS) is 35.7. The summed E-state index contributed by atoms with van der Waals surface area (Å²) in [5, 5.41) is 58.1. The average molecular weight is 354 g/mol.